The average molecular weight is 275 g/mol. The Morgan fingerprint density at radius 3 is 3.10 bits per heavy atom. The summed E-state index contributed by atoms with van der Waals surface area (Å²) in [4.78, 5) is 6.83. The van der Waals surface area contributed by atoms with Crippen molar-refractivity contribution >= 4 is 16.8 Å². The van der Waals surface area contributed by atoms with Crippen LogP contribution in [-0.4, -0.2) is 36.2 Å². The number of methoxy groups -OCH3 is 1. The SMILES string of the molecule is COC1CN(Cc2nc3c(N)cccc3o2)CCC1C. The number of hydrogen-bond donors (Lipinski definition) is 1. The molecule has 1 aliphatic rings. The van der Waals surface area contributed by atoms with Crippen molar-refractivity contribution in [1.29, 1.82) is 0 Å². The predicted octanol–water partition coefficient (Wildman–Crippen LogP) is 2.27. The molecule has 1 aliphatic heterocycles. The summed E-state index contributed by atoms with van der Waals surface area (Å²) < 4.78 is 11.3. The molecular formula is C15H21N3O2. The maximum absolute atomic E-state index is 5.91. The molecule has 2 heterocycles. The lowest BCUT2D eigenvalue weighted by molar-refractivity contribution is -0.00950. The number of ether oxygens (including phenoxy) is 1. The zero-order valence-corrected chi connectivity index (χ0v) is 12.0. The number of nitrogens with two attached hydrogens (primary N) is 1. The van der Waals surface area contributed by atoms with Gasteiger partial charge in [-0.15, -0.1) is 0 Å². The smallest absolute Gasteiger partial charge is 0.209 e. The fraction of sp³-hybridized carbons (Fsp3) is 0.533. The van der Waals surface area contributed by atoms with Crippen LogP contribution in [0.15, 0.2) is 22.6 Å². The Labute approximate surface area is 118 Å². The first-order chi connectivity index (χ1) is 9.67. The summed E-state index contributed by atoms with van der Waals surface area (Å²) in [5, 5.41) is 0. The number of fused-ring (bicyclic) bond motifs is 1. The van der Waals surface area contributed by atoms with Crippen LogP contribution < -0.4 is 5.73 Å². The van der Waals surface area contributed by atoms with Crippen LogP contribution >= 0.6 is 0 Å². The number of likely N-dealkylation sites (tertiary alicyclic amines) is 1. The number of hydrogen-bond acceptors (Lipinski definition) is 5. The van der Waals surface area contributed by atoms with Crippen molar-refractivity contribution in [3.63, 3.8) is 0 Å². The third-order valence-corrected chi connectivity index (χ3v) is 4.13. The Bertz CT molecular complexity index is 596. The molecule has 1 saturated heterocycles. The minimum absolute atomic E-state index is 0.290. The molecule has 2 atom stereocenters. The monoisotopic (exact) mass is 275 g/mol. The second kappa shape index (κ2) is 5.42. The molecule has 3 rings (SSSR count). The number of nitrogen functional groups attached to an aromatic ring is 1. The summed E-state index contributed by atoms with van der Waals surface area (Å²) in [6.07, 6.45) is 1.43. The summed E-state index contributed by atoms with van der Waals surface area (Å²) >= 11 is 0. The van der Waals surface area contributed by atoms with E-state index in [-0.39, 0.29) is 6.10 Å². The largest absolute Gasteiger partial charge is 0.439 e. The van der Waals surface area contributed by atoms with E-state index < -0.39 is 0 Å². The molecule has 2 aromatic rings. The van der Waals surface area contributed by atoms with E-state index in [0.29, 0.717) is 18.2 Å². The van der Waals surface area contributed by atoms with Crippen LogP contribution in [0.3, 0.4) is 0 Å². The van der Waals surface area contributed by atoms with Crippen molar-refractivity contribution in [2.75, 3.05) is 25.9 Å². The number of piperidine rings is 1. The van der Waals surface area contributed by atoms with Crippen molar-refractivity contribution in [3.8, 4) is 0 Å². The maximum atomic E-state index is 5.91. The van der Waals surface area contributed by atoms with E-state index in [9.17, 15) is 0 Å². The highest BCUT2D eigenvalue weighted by Gasteiger charge is 2.26. The molecule has 0 saturated carbocycles. The van der Waals surface area contributed by atoms with Gasteiger partial charge < -0.3 is 14.9 Å². The van der Waals surface area contributed by atoms with E-state index >= 15 is 0 Å². The summed E-state index contributed by atoms with van der Waals surface area (Å²) in [5.41, 5.74) is 8.09. The fourth-order valence-corrected chi connectivity index (χ4v) is 2.82. The number of anilines is 1. The molecule has 108 valence electrons. The van der Waals surface area contributed by atoms with Crippen molar-refractivity contribution in [3.05, 3.63) is 24.1 Å². The van der Waals surface area contributed by atoms with Gasteiger partial charge in [0.1, 0.15) is 5.52 Å². The number of para-hydroxylation sites is 1. The highest BCUT2D eigenvalue weighted by atomic mass is 16.5. The van der Waals surface area contributed by atoms with E-state index in [1.54, 1.807) is 7.11 Å². The third-order valence-electron chi connectivity index (χ3n) is 4.13. The second-order valence-corrected chi connectivity index (χ2v) is 5.58. The molecule has 0 radical (unpaired) electrons. The highest BCUT2D eigenvalue weighted by molar-refractivity contribution is 5.85. The molecule has 1 fully saturated rings. The molecule has 0 bridgehead atoms. The zero-order chi connectivity index (χ0) is 14.1. The molecule has 20 heavy (non-hydrogen) atoms. The second-order valence-electron chi connectivity index (χ2n) is 5.58. The van der Waals surface area contributed by atoms with Gasteiger partial charge in [-0.05, 0) is 31.0 Å². The van der Waals surface area contributed by atoms with E-state index in [1.807, 2.05) is 18.2 Å². The minimum atomic E-state index is 0.290. The van der Waals surface area contributed by atoms with E-state index in [4.69, 9.17) is 14.9 Å². The molecular weight excluding hydrogens is 254 g/mol. The molecule has 1 aromatic carbocycles. The van der Waals surface area contributed by atoms with Gasteiger partial charge >= 0.3 is 0 Å². The fourth-order valence-electron chi connectivity index (χ4n) is 2.82. The Morgan fingerprint density at radius 2 is 2.35 bits per heavy atom. The zero-order valence-electron chi connectivity index (χ0n) is 12.0. The quantitative estimate of drug-likeness (QED) is 0.870. The number of nitrogens with zero attached hydrogens (tertiary/aromatic N) is 2. The van der Waals surface area contributed by atoms with E-state index in [1.165, 1.54) is 0 Å². The molecule has 5 heteroatoms. The summed E-state index contributed by atoms with van der Waals surface area (Å²) in [7, 11) is 1.78. The third kappa shape index (κ3) is 2.51. The average Bonchev–Trinajstić information content (AvgIpc) is 2.85. The van der Waals surface area contributed by atoms with E-state index in [2.05, 4.69) is 16.8 Å². The first-order valence-electron chi connectivity index (χ1n) is 7.06. The first kappa shape index (κ1) is 13.4. The van der Waals surface area contributed by atoms with Crippen LogP contribution in [0.4, 0.5) is 5.69 Å². The summed E-state index contributed by atoms with van der Waals surface area (Å²) in [6, 6.07) is 5.63. The molecule has 0 amide bonds. The van der Waals surface area contributed by atoms with Gasteiger partial charge in [-0.1, -0.05) is 13.0 Å². The van der Waals surface area contributed by atoms with Crippen LogP contribution in [0.5, 0.6) is 0 Å². The summed E-state index contributed by atoms with van der Waals surface area (Å²) in [5.74, 6) is 1.33. The van der Waals surface area contributed by atoms with Crippen LogP contribution in [0.25, 0.3) is 11.1 Å². The van der Waals surface area contributed by atoms with Crippen LogP contribution in [-0.2, 0) is 11.3 Å². The van der Waals surface area contributed by atoms with Gasteiger partial charge in [-0.25, -0.2) is 4.98 Å². The van der Waals surface area contributed by atoms with Gasteiger partial charge in [0.2, 0.25) is 5.89 Å². The Balaban J connectivity index is 1.75. The molecule has 2 unspecified atom stereocenters. The first-order valence-corrected chi connectivity index (χ1v) is 7.06. The van der Waals surface area contributed by atoms with Gasteiger partial charge in [-0.2, -0.15) is 0 Å². The van der Waals surface area contributed by atoms with Crippen LogP contribution in [0.1, 0.15) is 19.2 Å². The highest BCUT2D eigenvalue weighted by Crippen LogP contribution is 2.24. The number of rotatable bonds is 3. The van der Waals surface area contributed by atoms with E-state index in [0.717, 1.165) is 36.5 Å². The lowest BCUT2D eigenvalue weighted by Gasteiger charge is -2.35. The molecule has 0 aliphatic carbocycles. The number of benzene rings is 1. The Kier molecular flexibility index (Phi) is 3.63. The lowest BCUT2D eigenvalue weighted by Crippen LogP contribution is -2.43. The maximum Gasteiger partial charge on any atom is 0.209 e. The summed E-state index contributed by atoms with van der Waals surface area (Å²) in [6.45, 7) is 4.92. The number of oxazole rings is 1. The topological polar surface area (TPSA) is 64.5 Å². The molecule has 2 N–H and O–H groups in total. The van der Waals surface area contributed by atoms with Gasteiger partial charge in [0.15, 0.2) is 5.58 Å². The molecule has 0 spiro atoms. The minimum Gasteiger partial charge on any atom is -0.439 e. The van der Waals surface area contributed by atoms with Gasteiger partial charge in [-0.3, -0.25) is 4.90 Å². The standard InChI is InChI=1S/C15H21N3O2/c1-10-6-7-18(8-13(10)19-2)9-14-17-15-11(16)4-3-5-12(15)20-14/h3-5,10,13H,6-9,16H2,1-2H3. The van der Waals surface area contributed by atoms with Gasteiger partial charge in [0, 0.05) is 13.7 Å². The normalized spacial score (nSPS) is 24.3. The number of aromatic nitrogens is 1. The van der Waals surface area contributed by atoms with Crippen LogP contribution in [0, 0.1) is 5.92 Å². The van der Waals surface area contributed by atoms with Gasteiger partial charge in [0.25, 0.3) is 0 Å². The molecule has 1 aromatic heterocycles. The van der Waals surface area contributed by atoms with Crippen molar-refractivity contribution in [2.45, 2.75) is 26.0 Å². The van der Waals surface area contributed by atoms with Gasteiger partial charge in [0.05, 0.1) is 18.3 Å². The van der Waals surface area contributed by atoms with Crippen LogP contribution in [0.2, 0.25) is 0 Å². The van der Waals surface area contributed by atoms with Crippen molar-refractivity contribution in [1.82, 2.24) is 9.88 Å². The van der Waals surface area contributed by atoms with Crippen molar-refractivity contribution in [2.24, 2.45) is 5.92 Å². The van der Waals surface area contributed by atoms with Crippen molar-refractivity contribution < 1.29 is 9.15 Å². The predicted molar refractivity (Wildman–Crippen MR) is 78.3 cm³/mol. The Morgan fingerprint density at radius 1 is 1.50 bits per heavy atom. The molecule has 5 nitrogen and oxygen atoms in total. The Hall–Kier alpha value is -1.59. The lowest BCUT2D eigenvalue weighted by atomic mass is 9.96.